The van der Waals surface area contributed by atoms with Gasteiger partial charge in [0.05, 0.1) is 18.7 Å². The van der Waals surface area contributed by atoms with Crippen molar-refractivity contribution < 1.29 is 19.4 Å². The Morgan fingerprint density at radius 2 is 2.21 bits per heavy atom. The average Bonchev–Trinajstić information content (AvgIpc) is 2.68. The van der Waals surface area contributed by atoms with Crippen molar-refractivity contribution in [2.24, 2.45) is 0 Å². The molecule has 0 aromatic carbocycles. The first-order valence-corrected chi connectivity index (χ1v) is 7.81. The summed E-state index contributed by atoms with van der Waals surface area (Å²) in [6.45, 7) is 3.94. The molecule has 0 bridgehead atoms. The number of methoxy groups -OCH3 is 1. The van der Waals surface area contributed by atoms with Gasteiger partial charge in [0.1, 0.15) is 4.34 Å². The zero-order valence-corrected chi connectivity index (χ0v) is 12.8. The third kappa shape index (κ3) is 6.91. The molecule has 1 heterocycles. The predicted octanol–water partition coefficient (Wildman–Crippen LogP) is 2.22. The van der Waals surface area contributed by atoms with Crippen molar-refractivity contribution in [1.29, 1.82) is 0 Å². The Balaban J connectivity index is 2.21. The summed E-state index contributed by atoms with van der Waals surface area (Å²) in [6.07, 6.45) is 0.956. The summed E-state index contributed by atoms with van der Waals surface area (Å²) in [4.78, 5) is 15.8. The van der Waals surface area contributed by atoms with Crippen LogP contribution in [-0.2, 0) is 20.7 Å². The van der Waals surface area contributed by atoms with E-state index in [9.17, 15) is 4.79 Å². The molecule has 5 nitrogen and oxygen atoms in total. The second-order valence-corrected chi connectivity index (χ2v) is 6.29. The normalized spacial score (nSPS) is 10.8. The van der Waals surface area contributed by atoms with E-state index in [4.69, 9.17) is 14.6 Å². The lowest BCUT2D eigenvalue weighted by molar-refractivity contribution is -0.136. The number of hydrogen-bond donors (Lipinski definition) is 1. The Bertz CT molecular complexity index is 395. The fourth-order valence-corrected chi connectivity index (χ4v) is 3.51. The number of rotatable bonds is 10. The van der Waals surface area contributed by atoms with Gasteiger partial charge < -0.3 is 14.6 Å². The van der Waals surface area contributed by atoms with Gasteiger partial charge in [-0.15, -0.1) is 11.3 Å². The number of carboxylic acid groups (broad SMARTS) is 1. The summed E-state index contributed by atoms with van der Waals surface area (Å²) >= 11 is 3.06. The van der Waals surface area contributed by atoms with Crippen molar-refractivity contribution in [3.8, 4) is 0 Å². The molecule has 0 saturated carbocycles. The number of carboxylic acids is 1. The summed E-state index contributed by atoms with van der Waals surface area (Å²) in [6, 6.07) is 0. The van der Waals surface area contributed by atoms with E-state index < -0.39 is 5.97 Å². The molecular formula is C12H19NO4S2. The molecule has 1 aromatic heterocycles. The second-order valence-electron chi connectivity index (χ2n) is 3.87. The summed E-state index contributed by atoms with van der Waals surface area (Å²) < 4.78 is 11.3. The molecule has 1 rings (SSSR count). The molecular weight excluding hydrogens is 286 g/mol. The lowest BCUT2D eigenvalue weighted by Gasteiger charge is -2.02. The van der Waals surface area contributed by atoms with Gasteiger partial charge in [-0.3, -0.25) is 4.79 Å². The highest BCUT2D eigenvalue weighted by Crippen LogP contribution is 2.27. The van der Waals surface area contributed by atoms with E-state index in [2.05, 4.69) is 4.98 Å². The molecule has 7 heteroatoms. The van der Waals surface area contributed by atoms with Crippen LogP contribution in [-0.4, -0.2) is 48.7 Å². The highest BCUT2D eigenvalue weighted by atomic mass is 32.2. The number of nitrogens with zero attached hydrogens (tertiary/aromatic N) is 1. The van der Waals surface area contributed by atoms with Crippen molar-refractivity contribution in [2.75, 3.05) is 32.7 Å². The summed E-state index contributed by atoms with van der Waals surface area (Å²) in [5.74, 6) is 0.0108. The number of aromatic nitrogens is 1. The zero-order valence-electron chi connectivity index (χ0n) is 11.2. The molecule has 0 aliphatic carbocycles. The molecule has 0 fully saturated rings. The summed E-state index contributed by atoms with van der Waals surface area (Å²) in [7, 11) is 1.68. The first-order chi connectivity index (χ1) is 9.13. The maximum absolute atomic E-state index is 10.7. The SMILES string of the molecule is COCCCOCCSc1nc(C)c(CC(=O)O)s1. The molecule has 0 saturated heterocycles. The molecule has 1 N–H and O–H groups in total. The predicted molar refractivity (Wildman–Crippen MR) is 76.2 cm³/mol. The van der Waals surface area contributed by atoms with E-state index in [0.29, 0.717) is 13.2 Å². The topological polar surface area (TPSA) is 68.7 Å². The van der Waals surface area contributed by atoms with Crippen molar-refractivity contribution in [3.05, 3.63) is 10.6 Å². The van der Waals surface area contributed by atoms with E-state index in [0.717, 1.165) is 33.7 Å². The number of aryl methyl sites for hydroxylation is 1. The van der Waals surface area contributed by atoms with Gasteiger partial charge in [0.2, 0.25) is 0 Å². The molecule has 0 amide bonds. The van der Waals surface area contributed by atoms with E-state index in [-0.39, 0.29) is 6.42 Å². The van der Waals surface area contributed by atoms with Crippen molar-refractivity contribution in [1.82, 2.24) is 4.98 Å². The molecule has 19 heavy (non-hydrogen) atoms. The molecule has 0 aliphatic heterocycles. The van der Waals surface area contributed by atoms with Crippen LogP contribution in [0.4, 0.5) is 0 Å². The van der Waals surface area contributed by atoms with E-state index >= 15 is 0 Å². The van der Waals surface area contributed by atoms with Crippen LogP contribution in [0.25, 0.3) is 0 Å². The monoisotopic (exact) mass is 305 g/mol. The van der Waals surface area contributed by atoms with Gasteiger partial charge in [-0.25, -0.2) is 4.98 Å². The van der Waals surface area contributed by atoms with Gasteiger partial charge in [0, 0.05) is 31.0 Å². The number of carbonyl (C=O) groups is 1. The van der Waals surface area contributed by atoms with Gasteiger partial charge in [0.15, 0.2) is 0 Å². The number of aliphatic carboxylic acids is 1. The maximum Gasteiger partial charge on any atom is 0.308 e. The third-order valence-corrected chi connectivity index (χ3v) is 4.54. The van der Waals surface area contributed by atoms with Gasteiger partial charge in [-0.2, -0.15) is 0 Å². The van der Waals surface area contributed by atoms with Crippen LogP contribution in [0.3, 0.4) is 0 Å². The fraction of sp³-hybridized carbons (Fsp3) is 0.667. The lowest BCUT2D eigenvalue weighted by Crippen LogP contribution is -2.01. The zero-order chi connectivity index (χ0) is 14.1. The number of thiazole rings is 1. The molecule has 0 radical (unpaired) electrons. The largest absolute Gasteiger partial charge is 0.481 e. The smallest absolute Gasteiger partial charge is 0.308 e. The molecule has 0 spiro atoms. The van der Waals surface area contributed by atoms with E-state index in [1.165, 1.54) is 11.3 Å². The highest BCUT2D eigenvalue weighted by molar-refractivity contribution is 8.01. The number of hydrogen-bond acceptors (Lipinski definition) is 6. The molecule has 0 unspecified atom stereocenters. The summed E-state index contributed by atoms with van der Waals surface area (Å²) in [5.41, 5.74) is 0.816. The van der Waals surface area contributed by atoms with Crippen LogP contribution in [0.5, 0.6) is 0 Å². The van der Waals surface area contributed by atoms with Crippen LogP contribution < -0.4 is 0 Å². The maximum atomic E-state index is 10.7. The Kier molecular flexibility index (Phi) is 8.04. The van der Waals surface area contributed by atoms with Gasteiger partial charge in [-0.1, -0.05) is 11.8 Å². The van der Waals surface area contributed by atoms with Gasteiger partial charge >= 0.3 is 5.97 Å². The van der Waals surface area contributed by atoms with Crippen LogP contribution in [0.15, 0.2) is 4.34 Å². The van der Waals surface area contributed by atoms with Crippen molar-refractivity contribution >= 4 is 29.1 Å². The van der Waals surface area contributed by atoms with Gasteiger partial charge in [-0.05, 0) is 13.3 Å². The van der Waals surface area contributed by atoms with Crippen LogP contribution >= 0.6 is 23.1 Å². The van der Waals surface area contributed by atoms with E-state index in [1.807, 2.05) is 6.92 Å². The Morgan fingerprint density at radius 1 is 1.42 bits per heavy atom. The second kappa shape index (κ2) is 9.30. The first-order valence-electron chi connectivity index (χ1n) is 6.01. The minimum Gasteiger partial charge on any atom is -0.481 e. The van der Waals surface area contributed by atoms with Gasteiger partial charge in [0.25, 0.3) is 0 Å². The fourth-order valence-electron chi connectivity index (χ4n) is 1.36. The van der Waals surface area contributed by atoms with E-state index in [1.54, 1.807) is 18.9 Å². The van der Waals surface area contributed by atoms with Crippen LogP contribution in [0, 0.1) is 6.92 Å². The lowest BCUT2D eigenvalue weighted by atomic mass is 10.3. The Labute approximate surface area is 121 Å². The quantitative estimate of drug-likeness (QED) is 0.528. The molecule has 108 valence electrons. The minimum atomic E-state index is -0.815. The van der Waals surface area contributed by atoms with Crippen molar-refractivity contribution in [3.63, 3.8) is 0 Å². The minimum absolute atomic E-state index is 0.0532. The van der Waals surface area contributed by atoms with Crippen molar-refractivity contribution in [2.45, 2.75) is 24.1 Å². The molecule has 0 aliphatic rings. The Hall–Kier alpha value is -0.630. The van der Waals surface area contributed by atoms with Crippen LogP contribution in [0.2, 0.25) is 0 Å². The number of thioether (sulfide) groups is 1. The molecule has 0 atom stereocenters. The average molecular weight is 305 g/mol. The Morgan fingerprint density at radius 3 is 2.89 bits per heavy atom. The third-order valence-electron chi connectivity index (χ3n) is 2.28. The number of ether oxygens (including phenoxy) is 2. The summed E-state index contributed by atoms with van der Waals surface area (Å²) in [5, 5.41) is 8.76. The first kappa shape index (κ1) is 16.4. The standard InChI is InChI=1S/C12H19NO4S2/c1-9-10(8-11(14)15)19-12(13-9)18-7-6-17-5-3-4-16-2/h3-8H2,1-2H3,(H,14,15). The highest BCUT2D eigenvalue weighted by Gasteiger charge is 2.11. The molecule has 1 aromatic rings. The van der Waals surface area contributed by atoms with Crippen LogP contribution in [0.1, 0.15) is 17.0 Å².